The maximum atomic E-state index is 12.0. The molecule has 3 nitrogen and oxygen atoms in total. The Bertz CT molecular complexity index is 479. The molecule has 0 N–H and O–H groups in total. The Labute approximate surface area is 124 Å². The summed E-state index contributed by atoms with van der Waals surface area (Å²) in [4.78, 5) is 15.1. The minimum Gasteiger partial charge on any atom is -0.369 e. The molecule has 0 unspecified atom stereocenters. The summed E-state index contributed by atoms with van der Waals surface area (Å²) in [6.45, 7) is 2.69. The largest absolute Gasteiger partial charge is 0.369 e. The van der Waals surface area contributed by atoms with Crippen molar-refractivity contribution in [1.29, 1.82) is 0 Å². The van der Waals surface area contributed by atoms with Gasteiger partial charge < -0.3 is 9.64 Å². The molecule has 4 heteroatoms. The van der Waals surface area contributed by atoms with Crippen LogP contribution in [0, 0.1) is 18.3 Å². The van der Waals surface area contributed by atoms with Crippen LogP contribution in [0.3, 0.4) is 0 Å². The highest BCUT2D eigenvalue weighted by Crippen LogP contribution is 2.18. The number of rotatable bonds is 5. The molecule has 0 radical (unpaired) electrons. The first-order chi connectivity index (χ1) is 9.79. The molecule has 20 heavy (non-hydrogen) atoms. The highest BCUT2D eigenvalue weighted by atomic mass is 32.1. The standard InChI is InChI=1S/C16H19NO2S/c1-2-11-19-13-14-7-9-17(10-8-14)16(18)6-5-15-4-3-12-20-15/h1,3-6,12,14H,7-11,13H2/b6-5+. The third-order valence-corrected chi connectivity index (χ3v) is 4.24. The lowest BCUT2D eigenvalue weighted by Gasteiger charge is -2.31. The first-order valence-corrected chi connectivity index (χ1v) is 7.69. The predicted molar refractivity (Wildman–Crippen MR) is 82.3 cm³/mol. The molecule has 0 bridgehead atoms. The maximum Gasteiger partial charge on any atom is 0.246 e. The van der Waals surface area contributed by atoms with Crippen LogP contribution in [0.25, 0.3) is 6.08 Å². The number of terminal acetylenes is 1. The van der Waals surface area contributed by atoms with Gasteiger partial charge in [-0.15, -0.1) is 17.8 Å². The average molecular weight is 289 g/mol. The van der Waals surface area contributed by atoms with Crippen LogP contribution in [0.5, 0.6) is 0 Å². The van der Waals surface area contributed by atoms with Crippen LogP contribution in [0.4, 0.5) is 0 Å². The lowest BCUT2D eigenvalue weighted by Crippen LogP contribution is -2.38. The van der Waals surface area contributed by atoms with Gasteiger partial charge in [0.15, 0.2) is 0 Å². The van der Waals surface area contributed by atoms with E-state index in [0.29, 0.717) is 19.1 Å². The van der Waals surface area contributed by atoms with Crippen molar-refractivity contribution in [2.45, 2.75) is 12.8 Å². The van der Waals surface area contributed by atoms with Crippen molar-refractivity contribution in [3.05, 3.63) is 28.5 Å². The van der Waals surface area contributed by atoms with E-state index in [2.05, 4.69) is 5.92 Å². The van der Waals surface area contributed by atoms with Gasteiger partial charge in [0.25, 0.3) is 0 Å². The molecule has 1 fully saturated rings. The van der Waals surface area contributed by atoms with Gasteiger partial charge in [0.1, 0.15) is 6.61 Å². The van der Waals surface area contributed by atoms with Crippen LogP contribution < -0.4 is 0 Å². The van der Waals surface area contributed by atoms with Gasteiger partial charge in [-0.25, -0.2) is 0 Å². The number of amides is 1. The molecular weight excluding hydrogens is 270 g/mol. The average Bonchev–Trinajstić information content (AvgIpc) is 2.99. The summed E-state index contributed by atoms with van der Waals surface area (Å²) < 4.78 is 5.36. The summed E-state index contributed by atoms with van der Waals surface area (Å²) in [5, 5.41) is 2.01. The summed E-state index contributed by atoms with van der Waals surface area (Å²) in [7, 11) is 0. The molecule has 1 aliphatic heterocycles. The zero-order valence-electron chi connectivity index (χ0n) is 11.5. The summed E-state index contributed by atoms with van der Waals surface area (Å²) in [6.07, 6.45) is 10.7. The second-order valence-corrected chi connectivity index (χ2v) is 5.82. The second kappa shape index (κ2) is 7.88. The normalized spacial score (nSPS) is 16.4. The molecule has 1 saturated heterocycles. The highest BCUT2D eigenvalue weighted by molar-refractivity contribution is 7.10. The smallest absolute Gasteiger partial charge is 0.246 e. The van der Waals surface area contributed by atoms with Crippen molar-refractivity contribution in [3.8, 4) is 12.3 Å². The van der Waals surface area contributed by atoms with E-state index in [-0.39, 0.29) is 5.91 Å². The van der Waals surface area contributed by atoms with Crippen LogP contribution in [0.1, 0.15) is 17.7 Å². The zero-order valence-corrected chi connectivity index (χ0v) is 12.3. The molecule has 0 atom stereocenters. The van der Waals surface area contributed by atoms with Crippen LogP contribution in [-0.2, 0) is 9.53 Å². The van der Waals surface area contributed by atoms with Gasteiger partial charge >= 0.3 is 0 Å². The van der Waals surface area contributed by atoms with Crippen molar-refractivity contribution >= 4 is 23.3 Å². The molecule has 0 spiro atoms. The second-order valence-electron chi connectivity index (χ2n) is 4.84. The Hall–Kier alpha value is -1.57. The van der Waals surface area contributed by atoms with Crippen molar-refractivity contribution in [2.24, 2.45) is 5.92 Å². The minimum absolute atomic E-state index is 0.0985. The molecule has 0 saturated carbocycles. The third-order valence-electron chi connectivity index (χ3n) is 3.40. The number of carbonyl (C=O) groups excluding carboxylic acids is 1. The summed E-state index contributed by atoms with van der Waals surface area (Å²) in [5.41, 5.74) is 0. The van der Waals surface area contributed by atoms with E-state index in [4.69, 9.17) is 11.2 Å². The number of hydrogen-bond acceptors (Lipinski definition) is 3. The molecule has 0 aliphatic carbocycles. The first-order valence-electron chi connectivity index (χ1n) is 6.81. The van der Waals surface area contributed by atoms with E-state index in [9.17, 15) is 4.79 Å². The van der Waals surface area contributed by atoms with Crippen molar-refractivity contribution in [3.63, 3.8) is 0 Å². The molecule has 0 aromatic carbocycles. The van der Waals surface area contributed by atoms with E-state index in [0.717, 1.165) is 30.8 Å². The van der Waals surface area contributed by atoms with E-state index >= 15 is 0 Å². The molecule has 2 rings (SSSR count). The quantitative estimate of drug-likeness (QED) is 0.474. The van der Waals surface area contributed by atoms with Gasteiger partial charge in [-0.1, -0.05) is 12.0 Å². The Balaban J connectivity index is 1.73. The number of likely N-dealkylation sites (tertiary alicyclic amines) is 1. The first kappa shape index (κ1) is 14.8. The van der Waals surface area contributed by atoms with E-state index < -0.39 is 0 Å². The molecule has 1 amide bonds. The van der Waals surface area contributed by atoms with Gasteiger partial charge in [0.05, 0.1) is 6.61 Å². The summed E-state index contributed by atoms with van der Waals surface area (Å²) in [5.74, 6) is 3.09. The van der Waals surface area contributed by atoms with Crippen LogP contribution in [0.15, 0.2) is 23.6 Å². The minimum atomic E-state index is 0.0985. The maximum absolute atomic E-state index is 12.0. The highest BCUT2D eigenvalue weighted by Gasteiger charge is 2.21. The Morgan fingerprint density at radius 2 is 2.35 bits per heavy atom. The SMILES string of the molecule is C#CCOCC1CCN(C(=O)/C=C/c2cccs2)CC1. The number of thiophene rings is 1. The van der Waals surface area contributed by atoms with Gasteiger partial charge in [0.2, 0.25) is 5.91 Å². The lowest BCUT2D eigenvalue weighted by molar-refractivity contribution is -0.127. The summed E-state index contributed by atoms with van der Waals surface area (Å²) >= 11 is 1.63. The van der Waals surface area contributed by atoms with Gasteiger partial charge in [-0.2, -0.15) is 0 Å². The van der Waals surface area contributed by atoms with E-state index in [1.165, 1.54) is 0 Å². The molecule has 1 aliphatic rings. The Morgan fingerprint density at radius 3 is 3.00 bits per heavy atom. The fourth-order valence-electron chi connectivity index (χ4n) is 2.25. The number of hydrogen-bond donors (Lipinski definition) is 0. The fourth-order valence-corrected chi connectivity index (χ4v) is 2.87. The molecular formula is C16H19NO2S. The van der Waals surface area contributed by atoms with Gasteiger partial charge in [0, 0.05) is 24.0 Å². The van der Waals surface area contributed by atoms with Crippen LogP contribution in [-0.4, -0.2) is 37.1 Å². The van der Waals surface area contributed by atoms with E-state index in [1.807, 2.05) is 28.5 Å². The number of carbonyl (C=O) groups is 1. The Kier molecular flexibility index (Phi) is 5.85. The Morgan fingerprint density at radius 1 is 1.55 bits per heavy atom. The fraction of sp³-hybridized carbons (Fsp3) is 0.438. The summed E-state index contributed by atoms with van der Waals surface area (Å²) in [6, 6.07) is 3.99. The monoisotopic (exact) mass is 289 g/mol. The molecule has 2 heterocycles. The predicted octanol–water partition coefficient (Wildman–Crippen LogP) is 2.65. The van der Waals surface area contributed by atoms with Gasteiger partial charge in [-0.05, 0) is 36.3 Å². The topological polar surface area (TPSA) is 29.5 Å². The number of piperidine rings is 1. The molecule has 1 aromatic rings. The van der Waals surface area contributed by atoms with Crippen LogP contribution in [0.2, 0.25) is 0 Å². The molecule has 106 valence electrons. The van der Waals surface area contributed by atoms with Crippen molar-refractivity contribution in [2.75, 3.05) is 26.3 Å². The van der Waals surface area contributed by atoms with Gasteiger partial charge in [-0.3, -0.25) is 4.79 Å². The zero-order chi connectivity index (χ0) is 14.2. The number of nitrogens with zero attached hydrogens (tertiary/aromatic N) is 1. The lowest BCUT2D eigenvalue weighted by atomic mass is 9.98. The third kappa shape index (κ3) is 4.52. The van der Waals surface area contributed by atoms with E-state index in [1.54, 1.807) is 17.4 Å². The van der Waals surface area contributed by atoms with Crippen molar-refractivity contribution < 1.29 is 9.53 Å². The van der Waals surface area contributed by atoms with Crippen molar-refractivity contribution in [1.82, 2.24) is 4.90 Å². The molecule has 1 aromatic heterocycles. The van der Waals surface area contributed by atoms with Crippen LogP contribution >= 0.6 is 11.3 Å². The number of ether oxygens (including phenoxy) is 1.